The van der Waals surface area contributed by atoms with Crippen molar-refractivity contribution in [3.05, 3.63) is 45.5 Å². The Labute approximate surface area is 120 Å². The molecule has 0 aliphatic rings. The van der Waals surface area contributed by atoms with Crippen LogP contribution in [0, 0.1) is 0 Å². The van der Waals surface area contributed by atoms with E-state index in [0.29, 0.717) is 22.3 Å². The summed E-state index contributed by atoms with van der Waals surface area (Å²) in [6.07, 6.45) is -0.300. The maximum atomic E-state index is 9.36. The lowest BCUT2D eigenvalue weighted by atomic mass is 10.1. The first-order chi connectivity index (χ1) is 8.97. The molecule has 1 heterocycles. The third-order valence-electron chi connectivity index (χ3n) is 2.63. The normalized spacial score (nSPS) is 14.4. The standard InChI is InChI=1S/C12H13Cl2N3O2/c1-6(18)11(15)12-16-10(17-19-12)5-7-2-3-8(13)9(14)4-7/h2-4,6,11,18H,5,15H2,1H3/t6-,11+/m1/s1. The Balaban J connectivity index is 2.13. The van der Waals surface area contributed by atoms with Crippen LogP contribution in [-0.2, 0) is 6.42 Å². The van der Waals surface area contributed by atoms with Gasteiger partial charge in [-0.25, -0.2) is 0 Å². The smallest absolute Gasteiger partial charge is 0.246 e. The number of nitrogens with zero attached hydrogens (tertiary/aromatic N) is 2. The monoisotopic (exact) mass is 301 g/mol. The summed E-state index contributed by atoms with van der Waals surface area (Å²) in [5.74, 6) is 0.689. The SMILES string of the molecule is C[C@@H](O)[C@H](N)c1nc(Cc2ccc(Cl)c(Cl)c2)no1. The van der Waals surface area contributed by atoms with E-state index in [0.717, 1.165) is 5.56 Å². The lowest BCUT2D eigenvalue weighted by Crippen LogP contribution is -2.23. The van der Waals surface area contributed by atoms with Gasteiger partial charge in [-0.1, -0.05) is 34.4 Å². The Morgan fingerprint density at radius 2 is 2.11 bits per heavy atom. The number of rotatable bonds is 4. The summed E-state index contributed by atoms with van der Waals surface area (Å²) in [5.41, 5.74) is 6.61. The van der Waals surface area contributed by atoms with Crippen LogP contribution in [0.4, 0.5) is 0 Å². The van der Waals surface area contributed by atoms with E-state index in [-0.39, 0.29) is 5.89 Å². The minimum Gasteiger partial charge on any atom is -0.391 e. The van der Waals surface area contributed by atoms with Crippen LogP contribution in [0.1, 0.15) is 30.2 Å². The Morgan fingerprint density at radius 1 is 1.37 bits per heavy atom. The molecule has 0 amide bonds. The van der Waals surface area contributed by atoms with Gasteiger partial charge in [-0.05, 0) is 24.6 Å². The van der Waals surface area contributed by atoms with Crippen LogP contribution in [0.15, 0.2) is 22.7 Å². The number of nitrogens with two attached hydrogens (primary N) is 1. The first kappa shape index (κ1) is 14.3. The van der Waals surface area contributed by atoms with Gasteiger partial charge < -0.3 is 15.4 Å². The Hall–Kier alpha value is -1.14. The van der Waals surface area contributed by atoms with E-state index in [2.05, 4.69) is 10.1 Å². The summed E-state index contributed by atoms with van der Waals surface area (Å²) in [5, 5.41) is 14.1. The summed E-state index contributed by atoms with van der Waals surface area (Å²) < 4.78 is 5.01. The van der Waals surface area contributed by atoms with Crippen LogP contribution in [0.5, 0.6) is 0 Å². The number of hydrogen-bond acceptors (Lipinski definition) is 5. The van der Waals surface area contributed by atoms with Gasteiger partial charge in [0.15, 0.2) is 5.82 Å². The molecule has 1 aromatic heterocycles. The molecule has 5 nitrogen and oxygen atoms in total. The molecular formula is C12H13Cl2N3O2. The van der Waals surface area contributed by atoms with Crippen molar-refractivity contribution in [1.82, 2.24) is 10.1 Å². The quantitative estimate of drug-likeness (QED) is 0.905. The number of aliphatic hydroxyl groups excluding tert-OH is 1. The molecule has 2 atom stereocenters. The minimum atomic E-state index is -0.752. The van der Waals surface area contributed by atoms with Crippen molar-refractivity contribution in [3.8, 4) is 0 Å². The fourth-order valence-corrected chi connectivity index (χ4v) is 1.83. The molecule has 0 fully saturated rings. The molecule has 1 aromatic carbocycles. The predicted molar refractivity (Wildman–Crippen MR) is 72.2 cm³/mol. The molecule has 3 N–H and O–H groups in total. The molecule has 0 bridgehead atoms. The van der Waals surface area contributed by atoms with E-state index in [4.69, 9.17) is 33.5 Å². The maximum Gasteiger partial charge on any atom is 0.246 e. The second kappa shape index (κ2) is 5.88. The van der Waals surface area contributed by atoms with Gasteiger partial charge in [0.1, 0.15) is 6.04 Å². The molecule has 0 saturated heterocycles. The number of aromatic nitrogens is 2. The van der Waals surface area contributed by atoms with E-state index >= 15 is 0 Å². The van der Waals surface area contributed by atoms with Crippen molar-refractivity contribution in [2.75, 3.05) is 0 Å². The van der Waals surface area contributed by atoms with Gasteiger partial charge >= 0.3 is 0 Å². The zero-order chi connectivity index (χ0) is 14.0. The van der Waals surface area contributed by atoms with Crippen LogP contribution in [0.25, 0.3) is 0 Å². The first-order valence-corrected chi connectivity index (χ1v) is 6.43. The van der Waals surface area contributed by atoms with Crippen LogP contribution >= 0.6 is 23.2 Å². The highest BCUT2D eigenvalue weighted by molar-refractivity contribution is 6.42. The predicted octanol–water partition coefficient (Wildman–Crippen LogP) is 2.35. The summed E-state index contributed by atoms with van der Waals surface area (Å²) in [7, 11) is 0. The van der Waals surface area contributed by atoms with Crippen molar-refractivity contribution in [2.45, 2.75) is 25.5 Å². The molecule has 19 heavy (non-hydrogen) atoms. The molecule has 102 valence electrons. The first-order valence-electron chi connectivity index (χ1n) is 5.67. The fourth-order valence-electron chi connectivity index (χ4n) is 1.51. The lowest BCUT2D eigenvalue weighted by Gasteiger charge is -2.08. The second-order valence-corrected chi connectivity index (χ2v) is 5.05. The average molecular weight is 302 g/mol. The fraction of sp³-hybridized carbons (Fsp3) is 0.333. The third kappa shape index (κ3) is 3.45. The van der Waals surface area contributed by atoms with Crippen LogP contribution in [0.3, 0.4) is 0 Å². The van der Waals surface area contributed by atoms with E-state index in [1.54, 1.807) is 19.1 Å². The topological polar surface area (TPSA) is 85.2 Å². The zero-order valence-corrected chi connectivity index (χ0v) is 11.7. The number of hydrogen-bond donors (Lipinski definition) is 2. The van der Waals surface area contributed by atoms with Gasteiger partial charge in [0.25, 0.3) is 0 Å². The van der Waals surface area contributed by atoms with Gasteiger partial charge in [-0.15, -0.1) is 0 Å². The number of halogens is 2. The highest BCUT2D eigenvalue weighted by Crippen LogP contribution is 2.23. The second-order valence-electron chi connectivity index (χ2n) is 4.24. The Kier molecular flexibility index (Phi) is 4.42. The number of benzene rings is 1. The minimum absolute atomic E-state index is 0.213. The molecule has 0 radical (unpaired) electrons. The van der Waals surface area contributed by atoms with Gasteiger partial charge in [0.2, 0.25) is 5.89 Å². The molecule has 0 saturated carbocycles. The summed E-state index contributed by atoms with van der Waals surface area (Å²) >= 11 is 11.8. The summed E-state index contributed by atoms with van der Waals surface area (Å²) in [6, 6.07) is 4.60. The highest BCUT2D eigenvalue weighted by Gasteiger charge is 2.19. The highest BCUT2D eigenvalue weighted by atomic mass is 35.5. The molecule has 0 aliphatic heterocycles. The van der Waals surface area contributed by atoms with Gasteiger partial charge in [0, 0.05) is 6.42 Å². The summed E-state index contributed by atoms with van der Waals surface area (Å²) in [6.45, 7) is 1.56. The zero-order valence-electron chi connectivity index (χ0n) is 10.2. The molecule has 2 rings (SSSR count). The average Bonchev–Trinajstić information content (AvgIpc) is 2.81. The van der Waals surface area contributed by atoms with Crippen molar-refractivity contribution in [2.24, 2.45) is 5.73 Å². The van der Waals surface area contributed by atoms with E-state index in [1.165, 1.54) is 0 Å². The molecule has 2 aromatic rings. The van der Waals surface area contributed by atoms with Crippen LogP contribution in [-0.4, -0.2) is 21.4 Å². The van der Waals surface area contributed by atoms with E-state index < -0.39 is 12.1 Å². The lowest BCUT2D eigenvalue weighted by molar-refractivity contribution is 0.146. The van der Waals surface area contributed by atoms with Crippen LogP contribution in [0.2, 0.25) is 10.0 Å². The third-order valence-corrected chi connectivity index (χ3v) is 3.37. The van der Waals surface area contributed by atoms with Crippen molar-refractivity contribution < 1.29 is 9.63 Å². The molecule has 0 aliphatic carbocycles. The van der Waals surface area contributed by atoms with Crippen molar-refractivity contribution in [3.63, 3.8) is 0 Å². The van der Waals surface area contributed by atoms with Crippen LogP contribution < -0.4 is 5.73 Å². The largest absolute Gasteiger partial charge is 0.391 e. The van der Waals surface area contributed by atoms with Crippen molar-refractivity contribution >= 4 is 23.2 Å². The number of aliphatic hydroxyl groups is 1. The molecular weight excluding hydrogens is 289 g/mol. The molecule has 7 heteroatoms. The van der Waals surface area contributed by atoms with E-state index in [1.807, 2.05) is 6.07 Å². The molecule has 0 spiro atoms. The Bertz CT molecular complexity index is 572. The molecule has 0 unspecified atom stereocenters. The van der Waals surface area contributed by atoms with Crippen molar-refractivity contribution in [1.29, 1.82) is 0 Å². The van der Waals surface area contributed by atoms with Gasteiger partial charge in [-0.2, -0.15) is 4.98 Å². The maximum absolute atomic E-state index is 9.36. The Morgan fingerprint density at radius 3 is 2.74 bits per heavy atom. The van der Waals surface area contributed by atoms with Gasteiger partial charge in [-0.3, -0.25) is 0 Å². The summed E-state index contributed by atoms with van der Waals surface area (Å²) in [4.78, 5) is 4.14. The van der Waals surface area contributed by atoms with E-state index in [9.17, 15) is 5.11 Å². The van der Waals surface area contributed by atoms with Gasteiger partial charge in [0.05, 0.1) is 16.1 Å².